The lowest BCUT2D eigenvalue weighted by molar-refractivity contribution is 0.102. The van der Waals surface area contributed by atoms with Crippen molar-refractivity contribution in [2.45, 2.75) is 19.8 Å². The molecule has 1 amide bonds. The lowest BCUT2D eigenvalue weighted by Crippen LogP contribution is -2.12. The van der Waals surface area contributed by atoms with E-state index < -0.39 is 0 Å². The highest BCUT2D eigenvalue weighted by Crippen LogP contribution is 2.12. The van der Waals surface area contributed by atoms with E-state index in [0.29, 0.717) is 5.56 Å². The molecule has 1 aromatic carbocycles. The van der Waals surface area contributed by atoms with E-state index in [1.54, 1.807) is 12.3 Å². The molecule has 1 heterocycles. The molecule has 23 heavy (non-hydrogen) atoms. The Morgan fingerprint density at radius 1 is 1.13 bits per heavy atom. The van der Waals surface area contributed by atoms with Crippen LogP contribution < -0.4 is 10.6 Å². The first-order chi connectivity index (χ1) is 11.2. The number of anilines is 2. The van der Waals surface area contributed by atoms with Gasteiger partial charge in [-0.05, 0) is 56.0 Å². The van der Waals surface area contributed by atoms with Crippen molar-refractivity contribution in [2.24, 2.45) is 0 Å². The molecule has 4 nitrogen and oxygen atoms in total. The van der Waals surface area contributed by atoms with Gasteiger partial charge < -0.3 is 10.6 Å². The van der Waals surface area contributed by atoms with Gasteiger partial charge in [0.15, 0.2) is 0 Å². The predicted octanol–water partition coefficient (Wildman–Crippen LogP) is 4.20. The van der Waals surface area contributed by atoms with Gasteiger partial charge in [0.1, 0.15) is 5.82 Å². The maximum atomic E-state index is 12.2. The van der Waals surface area contributed by atoms with Gasteiger partial charge in [0, 0.05) is 18.4 Å². The summed E-state index contributed by atoms with van der Waals surface area (Å²) in [5.74, 6) is 1.85. The lowest BCUT2D eigenvalue weighted by Gasteiger charge is -2.07. The SMILES string of the molecule is CSCCCCNc1ccc(C(=O)Nc2ccc(C)cc2)cn1. The standard InChI is InChI=1S/C18H23N3OS/c1-14-5-8-16(9-6-14)21-18(22)15-7-10-17(20-13-15)19-11-3-4-12-23-2/h5-10,13H,3-4,11-12H2,1-2H3,(H,19,20)(H,21,22). The molecule has 122 valence electrons. The molecule has 0 aliphatic heterocycles. The summed E-state index contributed by atoms with van der Waals surface area (Å²) in [7, 11) is 0. The molecule has 0 bridgehead atoms. The van der Waals surface area contributed by atoms with E-state index in [9.17, 15) is 4.79 Å². The van der Waals surface area contributed by atoms with Crippen molar-refractivity contribution in [3.8, 4) is 0 Å². The quantitative estimate of drug-likeness (QED) is 0.713. The van der Waals surface area contributed by atoms with Gasteiger partial charge in [-0.3, -0.25) is 4.79 Å². The molecule has 0 saturated carbocycles. The number of aryl methyl sites for hydroxylation is 1. The Bertz CT molecular complexity index is 611. The van der Waals surface area contributed by atoms with Crippen LogP contribution in [0.1, 0.15) is 28.8 Å². The van der Waals surface area contributed by atoms with Gasteiger partial charge in [-0.2, -0.15) is 11.8 Å². The Hall–Kier alpha value is -2.01. The highest BCUT2D eigenvalue weighted by molar-refractivity contribution is 7.98. The van der Waals surface area contributed by atoms with Crippen LogP contribution in [0.15, 0.2) is 42.6 Å². The average molecular weight is 329 g/mol. The third-order valence-corrected chi connectivity index (χ3v) is 4.11. The number of unbranched alkanes of at least 4 members (excludes halogenated alkanes) is 1. The fraction of sp³-hybridized carbons (Fsp3) is 0.333. The van der Waals surface area contributed by atoms with Crippen LogP contribution >= 0.6 is 11.8 Å². The second kappa shape index (κ2) is 9.20. The van der Waals surface area contributed by atoms with E-state index in [1.807, 2.05) is 49.0 Å². The molecule has 0 spiro atoms. The van der Waals surface area contributed by atoms with E-state index >= 15 is 0 Å². The molecule has 0 atom stereocenters. The fourth-order valence-corrected chi connectivity index (χ4v) is 2.55. The van der Waals surface area contributed by atoms with Crippen LogP contribution in [0, 0.1) is 6.92 Å². The first-order valence-corrected chi connectivity index (χ1v) is 9.15. The molecule has 5 heteroatoms. The van der Waals surface area contributed by atoms with Gasteiger partial charge in [-0.1, -0.05) is 17.7 Å². The first-order valence-electron chi connectivity index (χ1n) is 7.76. The number of hydrogen-bond acceptors (Lipinski definition) is 4. The van der Waals surface area contributed by atoms with Crippen molar-refractivity contribution in [3.05, 3.63) is 53.7 Å². The monoisotopic (exact) mass is 329 g/mol. The van der Waals surface area contributed by atoms with Crippen molar-refractivity contribution in [3.63, 3.8) is 0 Å². The molecule has 0 fully saturated rings. The maximum Gasteiger partial charge on any atom is 0.257 e. The Kier molecular flexibility index (Phi) is 6.94. The lowest BCUT2D eigenvalue weighted by atomic mass is 10.2. The molecule has 0 saturated heterocycles. The Balaban J connectivity index is 1.83. The number of hydrogen-bond donors (Lipinski definition) is 2. The predicted molar refractivity (Wildman–Crippen MR) is 99.5 cm³/mol. The third-order valence-electron chi connectivity index (χ3n) is 3.42. The minimum atomic E-state index is -0.145. The number of carbonyl (C=O) groups is 1. The zero-order valence-electron chi connectivity index (χ0n) is 13.6. The van der Waals surface area contributed by atoms with Crippen molar-refractivity contribution >= 4 is 29.2 Å². The smallest absolute Gasteiger partial charge is 0.257 e. The molecule has 0 unspecified atom stereocenters. The summed E-state index contributed by atoms with van der Waals surface area (Å²) in [5, 5.41) is 6.14. The molecular weight excluding hydrogens is 306 g/mol. The van der Waals surface area contributed by atoms with Gasteiger partial charge >= 0.3 is 0 Å². The summed E-state index contributed by atoms with van der Waals surface area (Å²) in [6, 6.07) is 11.4. The number of nitrogens with one attached hydrogen (secondary N) is 2. The van der Waals surface area contributed by atoms with Crippen molar-refractivity contribution in [1.29, 1.82) is 0 Å². The Morgan fingerprint density at radius 3 is 2.57 bits per heavy atom. The van der Waals surface area contributed by atoms with E-state index in [4.69, 9.17) is 0 Å². The number of amides is 1. The molecule has 0 radical (unpaired) electrons. The van der Waals surface area contributed by atoms with Crippen LogP contribution in [0.4, 0.5) is 11.5 Å². The van der Waals surface area contributed by atoms with Gasteiger partial charge in [-0.15, -0.1) is 0 Å². The Morgan fingerprint density at radius 2 is 1.91 bits per heavy atom. The van der Waals surface area contributed by atoms with Gasteiger partial charge in [0.25, 0.3) is 5.91 Å². The number of aromatic nitrogens is 1. The average Bonchev–Trinajstić information content (AvgIpc) is 2.57. The summed E-state index contributed by atoms with van der Waals surface area (Å²) in [6.45, 7) is 2.92. The summed E-state index contributed by atoms with van der Waals surface area (Å²) in [5.41, 5.74) is 2.51. The normalized spacial score (nSPS) is 10.3. The summed E-state index contributed by atoms with van der Waals surface area (Å²) in [4.78, 5) is 16.5. The first kappa shape index (κ1) is 17.3. The highest BCUT2D eigenvalue weighted by atomic mass is 32.2. The third kappa shape index (κ3) is 5.94. The zero-order valence-corrected chi connectivity index (χ0v) is 14.5. The van der Waals surface area contributed by atoms with Crippen molar-refractivity contribution in [1.82, 2.24) is 4.98 Å². The van der Waals surface area contributed by atoms with E-state index in [0.717, 1.165) is 30.0 Å². The van der Waals surface area contributed by atoms with Crippen LogP contribution in [0.25, 0.3) is 0 Å². The van der Waals surface area contributed by atoms with Crippen LogP contribution in [0.2, 0.25) is 0 Å². The summed E-state index contributed by atoms with van der Waals surface area (Å²) >= 11 is 1.87. The van der Waals surface area contributed by atoms with Crippen molar-refractivity contribution in [2.75, 3.05) is 29.2 Å². The number of benzene rings is 1. The number of nitrogens with zero attached hydrogens (tertiary/aromatic N) is 1. The number of pyridine rings is 1. The minimum Gasteiger partial charge on any atom is -0.370 e. The highest BCUT2D eigenvalue weighted by Gasteiger charge is 2.06. The van der Waals surface area contributed by atoms with Crippen LogP contribution in [0.5, 0.6) is 0 Å². The summed E-state index contributed by atoms with van der Waals surface area (Å²) < 4.78 is 0. The van der Waals surface area contributed by atoms with Gasteiger partial charge in [0.05, 0.1) is 5.56 Å². The second-order valence-electron chi connectivity index (χ2n) is 5.38. The van der Waals surface area contributed by atoms with E-state index in [-0.39, 0.29) is 5.91 Å². The Labute approximate surface area is 142 Å². The van der Waals surface area contributed by atoms with Crippen molar-refractivity contribution < 1.29 is 4.79 Å². The summed E-state index contributed by atoms with van der Waals surface area (Å²) in [6.07, 6.45) is 6.05. The van der Waals surface area contributed by atoms with Gasteiger partial charge in [0.2, 0.25) is 0 Å². The van der Waals surface area contributed by atoms with Crippen LogP contribution in [-0.4, -0.2) is 29.4 Å². The topological polar surface area (TPSA) is 54.0 Å². The van der Waals surface area contributed by atoms with E-state index in [1.165, 1.54) is 12.2 Å². The largest absolute Gasteiger partial charge is 0.370 e. The molecule has 2 N–H and O–H groups in total. The van der Waals surface area contributed by atoms with Gasteiger partial charge in [-0.25, -0.2) is 4.98 Å². The number of thioether (sulfide) groups is 1. The zero-order chi connectivity index (χ0) is 16.5. The molecule has 2 rings (SSSR count). The number of carbonyl (C=O) groups excluding carboxylic acids is 1. The molecule has 0 aliphatic rings. The second-order valence-corrected chi connectivity index (χ2v) is 6.36. The minimum absolute atomic E-state index is 0.145. The molecule has 1 aromatic heterocycles. The maximum absolute atomic E-state index is 12.2. The molecule has 2 aromatic rings. The molecular formula is C18H23N3OS. The van der Waals surface area contributed by atoms with Crippen LogP contribution in [-0.2, 0) is 0 Å². The van der Waals surface area contributed by atoms with E-state index in [2.05, 4.69) is 21.9 Å². The number of rotatable bonds is 8. The van der Waals surface area contributed by atoms with Crippen LogP contribution in [0.3, 0.4) is 0 Å². The fourth-order valence-electron chi connectivity index (χ4n) is 2.06. The molecule has 0 aliphatic carbocycles.